The van der Waals surface area contributed by atoms with Crippen LogP contribution in [0, 0.1) is 5.92 Å². The number of halogens is 2. The SMILES string of the molecule is C[C@H]1CC[C@H](c2ccc3c(c2)nc2n3CCN(CC(F)F)CC2)NC1. The summed E-state index contributed by atoms with van der Waals surface area (Å²) in [6, 6.07) is 6.99. The van der Waals surface area contributed by atoms with Crippen molar-refractivity contribution in [1.82, 2.24) is 19.8 Å². The average Bonchev–Trinajstić information content (AvgIpc) is 2.83. The second-order valence-corrected chi connectivity index (χ2v) is 7.51. The van der Waals surface area contributed by atoms with Crippen LogP contribution in [0.3, 0.4) is 0 Å². The second kappa shape index (κ2) is 7.00. The molecule has 0 unspecified atom stereocenters. The zero-order chi connectivity index (χ0) is 17.4. The lowest BCUT2D eigenvalue weighted by molar-refractivity contribution is 0.0893. The van der Waals surface area contributed by atoms with Crippen LogP contribution in [0.15, 0.2) is 18.2 Å². The molecule has 0 radical (unpaired) electrons. The van der Waals surface area contributed by atoms with Crippen LogP contribution in [0.2, 0.25) is 0 Å². The number of imidazole rings is 1. The van der Waals surface area contributed by atoms with E-state index in [1.54, 1.807) is 0 Å². The Kier molecular flexibility index (Phi) is 4.73. The maximum Gasteiger partial charge on any atom is 0.251 e. The van der Waals surface area contributed by atoms with Gasteiger partial charge in [-0.1, -0.05) is 13.0 Å². The van der Waals surface area contributed by atoms with Crippen molar-refractivity contribution in [2.45, 2.75) is 45.2 Å². The molecule has 25 heavy (non-hydrogen) atoms. The van der Waals surface area contributed by atoms with Gasteiger partial charge in [0.2, 0.25) is 0 Å². The number of nitrogens with zero attached hydrogens (tertiary/aromatic N) is 3. The molecule has 1 N–H and O–H groups in total. The molecule has 1 aromatic heterocycles. The lowest BCUT2D eigenvalue weighted by atomic mass is 9.92. The standard InChI is InChI=1S/C19H26F2N4/c1-13-2-4-15(22-11-13)14-3-5-17-16(10-14)23-19-6-7-24(12-18(20)21)8-9-25(17)19/h3,5,10,13,15,18,22H,2,4,6-9,11-12H2,1H3/t13-,15+/m0/s1. The van der Waals surface area contributed by atoms with Crippen molar-refractivity contribution in [3.05, 3.63) is 29.6 Å². The normalized spacial score (nSPS) is 25.3. The van der Waals surface area contributed by atoms with E-state index in [4.69, 9.17) is 4.98 Å². The molecular weight excluding hydrogens is 322 g/mol. The minimum atomic E-state index is -2.27. The number of benzene rings is 1. The Labute approximate surface area is 147 Å². The van der Waals surface area contributed by atoms with E-state index in [0.717, 1.165) is 42.3 Å². The van der Waals surface area contributed by atoms with Gasteiger partial charge in [0, 0.05) is 32.1 Å². The first-order chi connectivity index (χ1) is 12.1. The number of hydrogen-bond donors (Lipinski definition) is 1. The number of nitrogens with one attached hydrogen (secondary N) is 1. The second-order valence-electron chi connectivity index (χ2n) is 7.51. The van der Waals surface area contributed by atoms with E-state index in [-0.39, 0.29) is 6.54 Å². The summed E-state index contributed by atoms with van der Waals surface area (Å²) in [5.41, 5.74) is 3.48. The van der Waals surface area contributed by atoms with Crippen LogP contribution in [0.1, 0.15) is 37.2 Å². The van der Waals surface area contributed by atoms with Crippen molar-refractivity contribution in [1.29, 1.82) is 0 Å². The lowest BCUT2D eigenvalue weighted by Gasteiger charge is -2.28. The van der Waals surface area contributed by atoms with E-state index in [9.17, 15) is 8.78 Å². The molecule has 2 aromatic rings. The van der Waals surface area contributed by atoms with Gasteiger partial charge in [0.25, 0.3) is 6.43 Å². The molecule has 0 aliphatic carbocycles. The van der Waals surface area contributed by atoms with E-state index in [1.165, 1.54) is 18.4 Å². The third-order valence-electron chi connectivity index (χ3n) is 5.60. The summed E-state index contributed by atoms with van der Waals surface area (Å²) in [4.78, 5) is 6.66. The number of fused-ring (bicyclic) bond motifs is 3. The van der Waals surface area contributed by atoms with Crippen molar-refractivity contribution in [2.24, 2.45) is 5.92 Å². The highest BCUT2D eigenvalue weighted by atomic mass is 19.3. The van der Waals surface area contributed by atoms with Crippen LogP contribution < -0.4 is 5.32 Å². The van der Waals surface area contributed by atoms with Crippen LogP contribution in [0.25, 0.3) is 11.0 Å². The van der Waals surface area contributed by atoms with Crippen LogP contribution in [0.4, 0.5) is 8.78 Å². The first-order valence-electron chi connectivity index (χ1n) is 9.33. The van der Waals surface area contributed by atoms with Gasteiger partial charge in [0.15, 0.2) is 0 Å². The first kappa shape index (κ1) is 16.9. The summed E-state index contributed by atoms with van der Waals surface area (Å²) in [5, 5.41) is 3.63. The Balaban J connectivity index is 1.55. The van der Waals surface area contributed by atoms with Crippen molar-refractivity contribution in [3.63, 3.8) is 0 Å². The van der Waals surface area contributed by atoms with Gasteiger partial charge in [-0.2, -0.15) is 0 Å². The predicted octanol–water partition coefficient (Wildman–Crippen LogP) is 3.22. The molecule has 136 valence electrons. The average molecular weight is 348 g/mol. The first-order valence-corrected chi connectivity index (χ1v) is 9.33. The number of aromatic nitrogens is 2. The van der Waals surface area contributed by atoms with E-state index in [0.29, 0.717) is 19.1 Å². The fourth-order valence-electron chi connectivity index (χ4n) is 4.13. The number of piperidine rings is 1. The van der Waals surface area contributed by atoms with E-state index in [1.807, 2.05) is 4.90 Å². The molecule has 0 bridgehead atoms. The highest BCUT2D eigenvalue weighted by Gasteiger charge is 2.22. The summed E-state index contributed by atoms with van der Waals surface area (Å²) in [6.45, 7) is 5.27. The Morgan fingerprint density at radius 1 is 1.24 bits per heavy atom. The maximum absolute atomic E-state index is 12.6. The fraction of sp³-hybridized carbons (Fsp3) is 0.632. The highest BCUT2D eigenvalue weighted by molar-refractivity contribution is 5.77. The molecule has 0 amide bonds. The van der Waals surface area contributed by atoms with Crippen molar-refractivity contribution < 1.29 is 8.78 Å². The molecule has 1 saturated heterocycles. The van der Waals surface area contributed by atoms with Crippen molar-refractivity contribution in [3.8, 4) is 0 Å². The van der Waals surface area contributed by atoms with Gasteiger partial charge in [-0.05, 0) is 43.0 Å². The zero-order valence-corrected chi connectivity index (χ0v) is 14.7. The molecule has 4 nitrogen and oxygen atoms in total. The molecule has 6 heteroatoms. The predicted molar refractivity (Wildman–Crippen MR) is 95.0 cm³/mol. The third-order valence-corrected chi connectivity index (χ3v) is 5.60. The van der Waals surface area contributed by atoms with Gasteiger partial charge < -0.3 is 9.88 Å². The van der Waals surface area contributed by atoms with Gasteiger partial charge in [-0.15, -0.1) is 0 Å². The van der Waals surface area contributed by atoms with Gasteiger partial charge in [-0.25, -0.2) is 13.8 Å². The molecule has 2 aliphatic rings. The number of alkyl halides is 2. The largest absolute Gasteiger partial charge is 0.327 e. The van der Waals surface area contributed by atoms with Gasteiger partial charge in [-0.3, -0.25) is 4.90 Å². The lowest BCUT2D eigenvalue weighted by Crippen LogP contribution is -2.32. The fourth-order valence-corrected chi connectivity index (χ4v) is 4.13. The molecule has 0 saturated carbocycles. The summed E-state index contributed by atoms with van der Waals surface area (Å²) in [6.07, 6.45) is 0.893. The molecule has 2 atom stereocenters. The van der Waals surface area contributed by atoms with E-state index < -0.39 is 6.43 Å². The van der Waals surface area contributed by atoms with Crippen LogP contribution in [0.5, 0.6) is 0 Å². The molecule has 1 aromatic carbocycles. The summed E-state index contributed by atoms with van der Waals surface area (Å²) in [5.74, 6) is 1.77. The van der Waals surface area contributed by atoms with Crippen molar-refractivity contribution >= 4 is 11.0 Å². The van der Waals surface area contributed by atoms with Gasteiger partial charge in [0.05, 0.1) is 17.6 Å². The van der Waals surface area contributed by atoms with Crippen LogP contribution in [-0.4, -0.2) is 47.1 Å². The Hall–Kier alpha value is -1.53. The minimum absolute atomic E-state index is 0.140. The van der Waals surface area contributed by atoms with Gasteiger partial charge in [0.1, 0.15) is 5.82 Å². The molecular formula is C19H26F2N4. The minimum Gasteiger partial charge on any atom is -0.327 e. The number of rotatable bonds is 3. The third kappa shape index (κ3) is 3.55. The highest BCUT2D eigenvalue weighted by Crippen LogP contribution is 2.28. The smallest absolute Gasteiger partial charge is 0.251 e. The molecule has 2 aliphatic heterocycles. The summed E-state index contributed by atoms with van der Waals surface area (Å²) < 4.78 is 27.5. The number of hydrogen-bond acceptors (Lipinski definition) is 3. The summed E-state index contributed by atoms with van der Waals surface area (Å²) >= 11 is 0. The molecule has 3 heterocycles. The quantitative estimate of drug-likeness (QED) is 0.925. The van der Waals surface area contributed by atoms with E-state index >= 15 is 0 Å². The Morgan fingerprint density at radius 3 is 2.88 bits per heavy atom. The van der Waals surface area contributed by atoms with E-state index in [2.05, 4.69) is 35.0 Å². The Bertz CT molecular complexity index is 734. The molecule has 0 spiro atoms. The molecule has 1 fully saturated rings. The Morgan fingerprint density at radius 2 is 2.12 bits per heavy atom. The topological polar surface area (TPSA) is 33.1 Å². The van der Waals surface area contributed by atoms with Crippen LogP contribution >= 0.6 is 0 Å². The molecule has 4 rings (SSSR count). The van der Waals surface area contributed by atoms with Crippen molar-refractivity contribution in [2.75, 3.05) is 26.2 Å². The summed E-state index contributed by atoms with van der Waals surface area (Å²) in [7, 11) is 0. The zero-order valence-electron chi connectivity index (χ0n) is 14.7. The van der Waals surface area contributed by atoms with Gasteiger partial charge >= 0.3 is 0 Å². The van der Waals surface area contributed by atoms with Crippen LogP contribution in [-0.2, 0) is 13.0 Å². The monoisotopic (exact) mass is 348 g/mol. The maximum atomic E-state index is 12.6.